The fraction of sp³-hybridized carbons (Fsp3) is 0.190. The van der Waals surface area contributed by atoms with E-state index in [0.29, 0.717) is 22.4 Å². The van der Waals surface area contributed by atoms with Crippen molar-refractivity contribution in [3.63, 3.8) is 0 Å². The minimum Gasteiger partial charge on any atom is -0.321 e. The number of para-hydroxylation sites is 1. The molecule has 6 heteroatoms. The average molecular weight is 379 g/mol. The van der Waals surface area contributed by atoms with Gasteiger partial charge < -0.3 is 10.2 Å². The molecule has 4 rings (SSSR count). The van der Waals surface area contributed by atoms with Crippen LogP contribution < -0.4 is 10.2 Å². The molecular formula is C21H19ClN4O. The Morgan fingerprint density at radius 1 is 1.11 bits per heavy atom. The van der Waals surface area contributed by atoms with E-state index in [1.807, 2.05) is 19.1 Å². The number of nitrogens with one attached hydrogen (secondary N) is 1. The van der Waals surface area contributed by atoms with E-state index in [1.54, 1.807) is 30.3 Å². The summed E-state index contributed by atoms with van der Waals surface area (Å²) in [5, 5.41) is 3.41. The molecule has 1 amide bonds. The number of aromatic nitrogens is 2. The van der Waals surface area contributed by atoms with Gasteiger partial charge in [-0.3, -0.25) is 4.79 Å². The van der Waals surface area contributed by atoms with Crippen molar-refractivity contribution in [1.82, 2.24) is 9.97 Å². The Morgan fingerprint density at radius 3 is 2.81 bits per heavy atom. The lowest BCUT2D eigenvalue weighted by molar-refractivity contribution is 0.102. The number of hydrogen-bond acceptors (Lipinski definition) is 4. The maximum absolute atomic E-state index is 12.7. The van der Waals surface area contributed by atoms with E-state index < -0.39 is 0 Å². The molecule has 27 heavy (non-hydrogen) atoms. The quantitative estimate of drug-likeness (QED) is 0.712. The molecule has 0 spiro atoms. The molecule has 2 heterocycles. The lowest BCUT2D eigenvalue weighted by Crippen LogP contribution is -2.27. The van der Waals surface area contributed by atoms with Gasteiger partial charge in [-0.15, -0.1) is 0 Å². The van der Waals surface area contributed by atoms with E-state index in [-0.39, 0.29) is 5.91 Å². The maximum atomic E-state index is 12.7. The predicted octanol–water partition coefficient (Wildman–Crippen LogP) is 4.78. The molecule has 1 N–H and O–H groups in total. The predicted molar refractivity (Wildman–Crippen MR) is 108 cm³/mol. The van der Waals surface area contributed by atoms with Gasteiger partial charge in [-0.1, -0.05) is 35.9 Å². The highest BCUT2D eigenvalue weighted by Gasteiger charge is 2.21. The number of anilines is 3. The van der Waals surface area contributed by atoms with E-state index in [0.717, 1.165) is 30.8 Å². The van der Waals surface area contributed by atoms with Crippen molar-refractivity contribution in [3.05, 3.63) is 76.6 Å². The van der Waals surface area contributed by atoms with Crippen LogP contribution in [-0.4, -0.2) is 22.4 Å². The zero-order chi connectivity index (χ0) is 18.8. The van der Waals surface area contributed by atoms with Crippen molar-refractivity contribution in [1.29, 1.82) is 0 Å². The minimum atomic E-state index is -0.283. The van der Waals surface area contributed by atoms with Crippen molar-refractivity contribution < 1.29 is 4.79 Å². The zero-order valence-electron chi connectivity index (χ0n) is 14.9. The molecule has 0 unspecified atom stereocenters. The molecule has 2 aromatic carbocycles. The van der Waals surface area contributed by atoms with Gasteiger partial charge >= 0.3 is 0 Å². The number of amides is 1. The third kappa shape index (κ3) is 3.78. The number of aryl methyl sites for hydroxylation is 2. The van der Waals surface area contributed by atoms with Crippen LogP contribution in [0.15, 0.2) is 54.6 Å². The van der Waals surface area contributed by atoms with Gasteiger partial charge in [-0.25, -0.2) is 9.97 Å². The molecule has 0 atom stereocenters. The number of carbonyl (C=O) groups excluding carboxylic acids is 1. The van der Waals surface area contributed by atoms with Gasteiger partial charge in [-0.05, 0) is 55.7 Å². The third-order valence-electron chi connectivity index (χ3n) is 4.51. The molecule has 0 saturated carbocycles. The Morgan fingerprint density at radius 2 is 1.96 bits per heavy atom. The molecule has 0 radical (unpaired) electrons. The molecule has 5 nitrogen and oxygen atoms in total. The average Bonchev–Trinajstić information content (AvgIpc) is 2.67. The lowest BCUT2D eigenvalue weighted by atomic mass is 10.0. The Labute approximate surface area is 163 Å². The summed E-state index contributed by atoms with van der Waals surface area (Å²) in [5.41, 5.74) is 4.10. The molecule has 1 aliphatic rings. The van der Waals surface area contributed by atoms with Gasteiger partial charge in [0.15, 0.2) is 0 Å². The largest absolute Gasteiger partial charge is 0.321 e. The summed E-state index contributed by atoms with van der Waals surface area (Å²) in [5.74, 6) is 0.271. The van der Waals surface area contributed by atoms with Gasteiger partial charge in [0, 0.05) is 28.6 Å². The Hall–Kier alpha value is -2.92. The van der Waals surface area contributed by atoms with E-state index in [1.165, 1.54) is 5.56 Å². The highest BCUT2D eigenvalue weighted by molar-refractivity contribution is 6.30. The minimum absolute atomic E-state index is 0.283. The molecule has 1 aromatic heterocycles. The van der Waals surface area contributed by atoms with Crippen LogP contribution in [0.4, 0.5) is 17.3 Å². The molecule has 0 aliphatic carbocycles. The highest BCUT2D eigenvalue weighted by Crippen LogP contribution is 2.31. The molecule has 1 aliphatic heterocycles. The smallest absolute Gasteiger partial charge is 0.274 e. The molecule has 136 valence electrons. The number of fused-ring (bicyclic) bond motifs is 1. The Balaban J connectivity index is 1.65. The molecular weight excluding hydrogens is 360 g/mol. The van der Waals surface area contributed by atoms with Crippen LogP contribution in [-0.2, 0) is 6.42 Å². The lowest BCUT2D eigenvalue weighted by Gasteiger charge is -2.29. The topological polar surface area (TPSA) is 58.1 Å². The number of benzene rings is 2. The van der Waals surface area contributed by atoms with E-state index in [2.05, 4.69) is 32.3 Å². The van der Waals surface area contributed by atoms with Crippen molar-refractivity contribution in [3.8, 4) is 0 Å². The number of nitrogens with zero attached hydrogens (tertiary/aromatic N) is 3. The van der Waals surface area contributed by atoms with Crippen LogP contribution in [0.1, 0.15) is 28.2 Å². The third-order valence-corrected chi connectivity index (χ3v) is 4.74. The number of carbonyl (C=O) groups is 1. The second-order valence-electron chi connectivity index (χ2n) is 6.54. The van der Waals surface area contributed by atoms with Crippen LogP contribution in [0.2, 0.25) is 5.02 Å². The second kappa shape index (κ2) is 7.37. The second-order valence-corrected chi connectivity index (χ2v) is 6.98. The summed E-state index contributed by atoms with van der Waals surface area (Å²) in [6, 6.07) is 17.0. The first-order valence-corrected chi connectivity index (χ1v) is 9.26. The van der Waals surface area contributed by atoms with E-state index in [4.69, 9.17) is 11.6 Å². The van der Waals surface area contributed by atoms with Crippen molar-refractivity contribution in [2.24, 2.45) is 0 Å². The standard InChI is InChI=1S/C21H19ClN4O/c1-14-12-18(20(27)24-17-9-4-8-16(22)13-17)25-21(23-14)26-11-5-7-15-6-2-3-10-19(15)26/h2-4,6,8-10,12-13H,5,7,11H2,1H3,(H,24,27). The SMILES string of the molecule is Cc1cc(C(=O)Nc2cccc(Cl)c2)nc(N2CCCc3ccccc32)n1. The summed E-state index contributed by atoms with van der Waals surface area (Å²) in [6.45, 7) is 2.70. The molecule has 0 fully saturated rings. The summed E-state index contributed by atoms with van der Waals surface area (Å²) in [7, 11) is 0. The van der Waals surface area contributed by atoms with Gasteiger partial charge in [0.05, 0.1) is 0 Å². The van der Waals surface area contributed by atoms with Crippen molar-refractivity contribution >= 4 is 34.8 Å². The van der Waals surface area contributed by atoms with Crippen LogP contribution in [0, 0.1) is 6.92 Å². The fourth-order valence-corrected chi connectivity index (χ4v) is 3.48. The van der Waals surface area contributed by atoms with Crippen LogP contribution in [0.5, 0.6) is 0 Å². The first-order chi connectivity index (χ1) is 13.1. The van der Waals surface area contributed by atoms with Crippen LogP contribution in [0.3, 0.4) is 0 Å². The zero-order valence-corrected chi connectivity index (χ0v) is 15.7. The van der Waals surface area contributed by atoms with Gasteiger partial charge in [0.25, 0.3) is 5.91 Å². The fourth-order valence-electron chi connectivity index (χ4n) is 3.29. The van der Waals surface area contributed by atoms with Crippen molar-refractivity contribution in [2.45, 2.75) is 19.8 Å². The van der Waals surface area contributed by atoms with Gasteiger partial charge in [0.2, 0.25) is 5.95 Å². The van der Waals surface area contributed by atoms with Crippen molar-refractivity contribution in [2.75, 3.05) is 16.8 Å². The highest BCUT2D eigenvalue weighted by atomic mass is 35.5. The molecule has 0 bridgehead atoms. The first-order valence-electron chi connectivity index (χ1n) is 8.88. The number of hydrogen-bond donors (Lipinski definition) is 1. The van der Waals surface area contributed by atoms with Gasteiger partial charge in [-0.2, -0.15) is 0 Å². The normalized spacial score (nSPS) is 13.2. The van der Waals surface area contributed by atoms with Gasteiger partial charge in [0.1, 0.15) is 5.69 Å². The molecule has 0 saturated heterocycles. The molecule has 3 aromatic rings. The van der Waals surface area contributed by atoms with Crippen LogP contribution in [0.25, 0.3) is 0 Å². The summed E-state index contributed by atoms with van der Waals surface area (Å²) in [4.78, 5) is 23.9. The summed E-state index contributed by atoms with van der Waals surface area (Å²) >= 11 is 5.99. The number of halogens is 1. The maximum Gasteiger partial charge on any atom is 0.274 e. The van der Waals surface area contributed by atoms with E-state index in [9.17, 15) is 4.79 Å². The van der Waals surface area contributed by atoms with Crippen LogP contribution >= 0.6 is 11.6 Å². The Bertz CT molecular complexity index is 1000. The Kier molecular flexibility index (Phi) is 4.77. The monoisotopic (exact) mass is 378 g/mol. The van der Waals surface area contributed by atoms with E-state index >= 15 is 0 Å². The first kappa shape index (κ1) is 17.5. The number of rotatable bonds is 3. The summed E-state index contributed by atoms with van der Waals surface area (Å²) in [6.07, 6.45) is 2.07. The summed E-state index contributed by atoms with van der Waals surface area (Å²) < 4.78 is 0.